The zero-order chi connectivity index (χ0) is 12.3. The van der Waals surface area contributed by atoms with Crippen LogP contribution in [0.25, 0.3) is 0 Å². The van der Waals surface area contributed by atoms with Gasteiger partial charge in [0.25, 0.3) is 0 Å². The minimum atomic E-state index is 0.318. The maximum Gasteiger partial charge on any atom is 0.115 e. The Hall–Kier alpha value is -1.46. The molecule has 0 saturated carbocycles. The predicted molar refractivity (Wildman–Crippen MR) is 69.8 cm³/mol. The zero-order valence-corrected chi connectivity index (χ0v) is 10.2. The lowest BCUT2D eigenvalue weighted by atomic mass is 9.87. The SMILES string of the molecule is C#CCC(C)NC1CCCc2ccc(O)cc21. The highest BCUT2D eigenvalue weighted by atomic mass is 16.3. The van der Waals surface area contributed by atoms with E-state index in [1.165, 1.54) is 17.5 Å². The molecular weight excluding hydrogens is 210 g/mol. The smallest absolute Gasteiger partial charge is 0.115 e. The zero-order valence-electron chi connectivity index (χ0n) is 10.2. The molecule has 0 aliphatic heterocycles. The van der Waals surface area contributed by atoms with Crippen molar-refractivity contribution in [2.24, 2.45) is 0 Å². The number of hydrogen-bond acceptors (Lipinski definition) is 2. The molecule has 2 heteroatoms. The third kappa shape index (κ3) is 2.81. The van der Waals surface area contributed by atoms with E-state index >= 15 is 0 Å². The number of terminal acetylenes is 1. The molecule has 2 N–H and O–H groups in total. The third-order valence-electron chi connectivity index (χ3n) is 3.35. The summed E-state index contributed by atoms with van der Waals surface area (Å²) in [7, 11) is 0. The van der Waals surface area contributed by atoms with E-state index in [2.05, 4.69) is 18.2 Å². The van der Waals surface area contributed by atoms with Crippen molar-refractivity contribution in [3.05, 3.63) is 29.3 Å². The van der Waals surface area contributed by atoms with Crippen molar-refractivity contribution in [3.63, 3.8) is 0 Å². The normalized spacial score (nSPS) is 20.4. The summed E-state index contributed by atoms with van der Waals surface area (Å²) >= 11 is 0. The van der Waals surface area contributed by atoms with E-state index < -0.39 is 0 Å². The molecule has 0 saturated heterocycles. The van der Waals surface area contributed by atoms with Gasteiger partial charge in [-0.3, -0.25) is 0 Å². The van der Waals surface area contributed by atoms with Crippen LogP contribution in [0.3, 0.4) is 0 Å². The number of hydrogen-bond donors (Lipinski definition) is 2. The van der Waals surface area contributed by atoms with Gasteiger partial charge in [-0.2, -0.15) is 0 Å². The molecule has 1 aliphatic rings. The van der Waals surface area contributed by atoms with Gasteiger partial charge in [-0.25, -0.2) is 0 Å². The minimum absolute atomic E-state index is 0.318. The van der Waals surface area contributed by atoms with Gasteiger partial charge in [-0.05, 0) is 49.4 Å². The number of phenols is 1. The van der Waals surface area contributed by atoms with Crippen LogP contribution in [-0.4, -0.2) is 11.1 Å². The first-order valence-corrected chi connectivity index (χ1v) is 6.22. The number of rotatable bonds is 3. The lowest BCUT2D eigenvalue weighted by Crippen LogP contribution is -2.32. The minimum Gasteiger partial charge on any atom is -0.508 e. The molecule has 17 heavy (non-hydrogen) atoms. The molecule has 0 radical (unpaired) electrons. The summed E-state index contributed by atoms with van der Waals surface area (Å²) in [4.78, 5) is 0. The Bertz CT molecular complexity index is 433. The maximum absolute atomic E-state index is 9.58. The van der Waals surface area contributed by atoms with Crippen LogP contribution in [0.4, 0.5) is 0 Å². The van der Waals surface area contributed by atoms with Crippen molar-refractivity contribution < 1.29 is 5.11 Å². The van der Waals surface area contributed by atoms with Crippen LogP contribution in [0.1, 0.15) is 43.4 Å². The number of aryl methyl sites for hydroxylation is 1. The molecule has 1 aromatic rings. The van der Waals surface area contributed by atoms with Crippen LogP contribution in [0.15, 0.2) is 18.2 Å². The second-order valence-electron chi connectivity index (χ2n) is 4.80. The van der Waals surface area contributed by atoms with Crippen molar-refractivity contribution in [2.45, 2.75) is 44.7 Å². The van der Waals surface area contributed by atoms with Crippen LogP contribution in [-0.2, 0) is 6.42 Å². The van der Waals surface area contributed by atoms with Crippen LogP contribution >= 0.6 is 0 Å². The summed E-state index contributed by atoms with van der Waals surface area (Å²) in [5.74, 6) is 3.03. The highest BCUT2D eigenvalue weighted by Gasteiger charge is 2.21. The molecule has 0 aromatic heterocycles. The van der Waals surface area contributed by atoms with Crippen LogP contribution in [0.5, 0.6) is 5.75 Å². The van der Waals surface area contributed by atoms with Gasteiger partial charge < -0.3 is 10.4 Å². The second-order valence-corrected chi connectivity index (χ2v) is 4.80. The Labute approximate surface area is 103 Å². The molecule has 0 fully saturated rings. The first-order valence-electron chi connectivity index (χ1n) is 6.22. The Balaban J connectivity index is 2.16. The average molecular weight is 229 g/mol. The molecule has 2 atom stereocenters. The maximum atomic E-state index is 9.58. The van der Waals surface area contributed by atoms with Crippen LogP contribution < -0.4 is 5.32 Å². The van der Waals surface area contributed by atoms with Crippen molar-refractivity contribution >= 4 is 0 Å². The average Bonchev–Trinajstić information content (AvgIpc) is 2.30. The summed E-state index contributed by atoms with van der Waals surface area (Å²) in [5.41, 5.74) is 2.58. The van der Waals surface area contributed by atoms with E-state index in [0.29, 0.717) is 17.8 Å². The summed E-state index contributed by atoms with van der Waals surface area (Å²) in [6.07, 6.45) is 9.48. The lowest BCUT2D eigenvalue weighted by molar-refractivity contribution is 0.408. The first kappa shape index (κ1) is 12.0. The standard InChI is InChI=1S/C15H19NO/c1-3-5-11(2)16-15-7-4-6-12-8-9-13(17)10-14(12)15/h1,8-11,15-17H,4-7H2,2H3. The molecule has 1 aliphatic carbocycles. The molecule has 0 heterocycles. The molecule has 1 aromatic carbocycles. The van der Waals surface area contributed by atoms with Gasteiger partial charge in [0.2, 0.25) is 0 Å². The third-order valence-corrected chi connectivity index (χ3v) is 3.35. The van der Waals surface area contributed by atoms with E-state index in [-0.39, 0.29) is 0 Å². The molecule has 2 rings (SSSR count). The fraction of sp³-hybridized carbons (Fsp3) is 0.467. The first-order chi connectivity index (χ1) is 8.20. The molecule has 0 amide bonds. The van der Waals surface area contributed by atoms with Crippen LogP contribution in [0, 0.1) is 12.3 Å². The topological polar surface area (TPSA) is 32.3 Å². The Kier molecular flexibility index (Phi) is 3.71. The molecule has 0 spiro atoms. The molecule has 2 nitrogen and oxygen atoms in total. The number of phenolic OH excluding ortho intramolecular Hbond substituents is 1. The summed E-state index contributed by atoms with van der Waals surface area (Å²) < 4.78 is 0. The van der Waals surface area contributed by atoms with E-state index in [9.17, 15) is 5.11 Å². The van der Waals surface area contributed by atoms with Gasteiger partial charge in [0.1, 0.15) is 5.75 Å². The van der Waals surface area contributed by atoms with Crippen molar-refractivity contribution in [3.8, 4) is 18.1 Å². The fourth-order valence-corrected chi connectivity index (χ4v) is 2.54. The van der Waals surface area contributed by atoms with Crippen molar-refractivity contribution in [1.29, 1.82) is 0 Å². The summed E-state index contributed by atoms with van der Waals surface area (Å²) in [6.45, 7) is 2.11. The largest absolute Gasteiger partial charge is 0.508 e. The fourth-order valence-electron chi connectivity index (χ4n) is 2.54. The van der Waals surface area contributed by atoms with Gasteiger partial charge in [-0.15, -0.1) is 12.3 Å². The van der Waals surface area contributed by atoms with Gasteiger partial charge in [0.05, 0.1) is 0 Å². The van der Waals surface area contributed by atoms with Gasteiger partial charge >= 0.3 is 0 Å². The molecular formula is C15H19NO. The van der Waals surface area contributed by atoms with E-state index in [1.54, 1.807) is 6.07 Å². The van der Waals surface area contributed by atoms with Gasteiger partial charge in [0, 0.05) is 18.5 Å². The number of benzene rings is 1. The Morgan fingerprint density at radius 1 is 1.59 bits per heavy atom. The summed E-state index contributed by atoms with van der Waals surface area (Å²) in [6, 6.07) is 6.33. The van der Waals surface area contributed by atoms with Crippen molar-refractivity contribution in [2.75, 3.05) is 0 Å². The second kappa shape index (κ2) is 5.25. The van der Waals surface area contributed by atoms with E-state index in [0.717, 1.165) is 19.3 Å². The number of aromatic hydroxyl groups is 1. The van der Waals surface area contributed by atoms with E-state index in [4.69, 9.17) is 6.42 Å². The monoisotopic (exact) mass is 229 g/mol. The number of fused-ring (bicyclic) bond motifs is 1. The molecule has 90 valence electrons. The van der Waals surface area contributed by atoms with Crippen molar-refractivity contribution in [1.82, 2.24) is 5.32 Å². The Morgan fingerprint density at radius 2 is 2.41 bits per heavy atom. The van der Waals surface area contributed by atoms with Gasteiger partial charge in [-0.1, -0.05) is 6.07 Å². The molecule has 0 bridgehead atoms. The number of nitrogens with one attached hydrogen (secondary N) is 1. The highest BCUT2D eigenvalue weighted by molar-refractivity contribution is 5.38. The predicted octanol–water partition coefficient (Wildman–Crippen LogP) is 2.77. The quantitative estimate of drug-likeness (QED) is 0.781. The van der Waals surface area contributed by atoms with Crippen LogP contribution in [0.2, 0.25) is 0 Å². The Morgan fingerprint density at radius 3 is 3.18 bits per heavy atom. The van der Waals surface area contributed by atoms with Gasteiger partial charge in [0.15, 0.2) is 0 Å². The lowest BCUT2D eigenvalue weighted by Gasteiger charge is -2.29. The highest BCUT2D eigenvalue weighted by Crippen LogP contribution is 2.32. The van der Waals surface area contributed by atoms with E-state index in [1.807, 2.05) is 12.1 Å². The summed E-state index contributed by atoms with van der Waals surface area (Å²) in [5, 5.41) is 13.1. The molecule has 2 unspecified atom stereocenters.